The Bertz CT molecular complexity index is 1250. The zero-order valence-corrected chi connectivity index (χ0v) is 20.2. The maximum Gasteiger partial charge on any atom is 0.352 e. The van der Waals surface area contributed by atoms with Gasteiger partial charge in [-0.05, 0) is 12.0 Å². The van der Waals surface area contributed by atoms with Gasteiger partial charge in [-0.1, -0.05) is 5.16 Å². The number of nitrogens with one attached hydrogen (secondary N) is 1. The van der Waals surface area contributed by atoms with E-state index in [1.54, 1.807) is 11.6 Å². The summed E-state index contributed by atoms with van der Waals surface area (Å²) >= 11 is 2.55. The van der Waals surface area contributed by atoms with Crippen LogP contribution < -0.4 is 16.0 Å². The Labute approximate surface area is 207 Å². The van der Waals surface area contributed by atoms with Gasteiger partial charge in [0.25, 0.3) is 11.8 Å². The summed E-state index contributed by atoms with van der Waals surface area (Å²) in [4.78, 5) is 50.3. The minimum atomic E-state index is -1.17. The number of carbonyl (C=O) groups is 3. The molecule has 3 aliphatic rings. The molecule has 5 rings (SSSR count). The lowest BCUT2D eigenvalue weighted by Crippen LogP contribution is -2.71. The molecule has 35 heavy (non-hydrogen) atoms. The number of aryl methyl sites for hydroxylation is 1. The molecule has 0 bridgehead atoms. The van der Waals surface area contributed by atoms with Crippen molar-refractivity contribution in [1.29, 1.82) is 0 Å². The largest absolute Gasteiger partial charge is 0.477 e. The molecule has 0 unspecified atom stereocenters. The van der Waals surface area contributed by atoms with Gasteiger partial charge in [-0.25, -0.2) is 14.5 Å². The molecule has 3 aliphatic heterocycles. The third kappa shape index (κ3) is 4.10. The summed E-state index contributed by atoms with van der Waals surface area (Å²) in [5.41, 5.74) is 6.37. The summed E-state index contributed by atoms with van der Waals surface area (Å²) in [6, 6.07) is 0.992. The molecule has 1 fully saturated rings. The van der Waals surface area contributed by atoms with Gasteiger partial charge in [-0.15, -0.1) is 23.1 Å². The van der Waals surface area contributed by atoms with E-state index in [0.717, 1.165) is 36.7 Å². The number of thioether (sulfide) groups is 1. The predicted octanol–water partition coefficient (Wildman–Crippen LogP) is -0.0788. The molecule has 2 atom stereocenters. The number of hydrogen-bond acceptors (Lipinski definition) is 11. The number of β-lactam (4-membered cyclic amide) rings is 1. The second kappa shape index (κ2) is 9.22. The SMILES string of the molecule is CON=C(C(=O)N[C@@H]1C(=O)N2C(C(=O)O)=C(CN3CCCn4nccc43)CS[C@@H]12)c1csc(N)n1. The molecule has 2 amide bonds. The van der Waals surface area contributed by atoms with Crippen LogP contribution in [-0.4, -0.2) is 85.6 Å². The Hall–Kier alpha value is -3.59. The molecule has 0 radical (unpaired) electrons. The van der Waals surface area contributed by atoms with Gasteiger partial charge < -0.3 is 25.9 Å². The zero-order chi connectivity index (χ0) is 24.7. The predicted molar refractivity (Wildman–Crippen MR) is 129 cm³/mol. The maximum absolute atomic E-state index is 13.0. The Morgan fingerprint density at radius 2 is 2.23 bits per heavy atom. The number of nitrogen functional groups attached to an aromatic ring is 1. The zero-order valence-electron chi connectivity index (χ0n) is 18.6. The van der Waals surface area contributed by atoms with Crippen molar-refractivity contribution in [2.75, 3.05) is 36.6 Å². The highest BCUT2D eigenvalue weighted by Gasteiger charge is 2.54. The molecular formula is C20H22N8O5S2. The quantitative estimate of drug-likeness (QED) is 0.256. The fourth-order valence-electron chi connectivity index (χ4n) is 4.39. The molecule has 0 aromatic carbocycles. The van der Waals surface area contributed by atoms with Crippen molar-refractivity contribution in [3.63, 3.8) is 0 Å². The van der Waals surface area contributed by atoms with E-state index in [4.69, 9.17) is 10.6 Å². The number of thiazole rings is 1. The van der Waals surface area contributed by atoms with E-state index in [0.29, 0.717) is 17.9 Å². The summed E-state index contributed by atoms with van der Waals surface area (Å²) in [5.74, 6) is -0.996. The number of hydrogen-bond donors (Lipinski definition) is 3. The monoisotopic (exact) mass is 518 g/mol. The van der Waals surface area contributed by atoms with Crippen molar-refractivity contribution in [1.82, 2.24) is 25.0 Å². The van der Waals surface area contributed by atoms with E-state index in [1.807, 2.05) is 10.7 Å². The van der Waals surface area contributed by atoms with Crippen LogP contribution in [0.25, 0.3) is 0 Å². The first-order valence-electron chi connectivity index (χ1n) is 10.7. The van der Waals surface area contributed by atoms with E-state index in [-0.39, 0.29) is 22.2 Å². The average molecular weight is 519 g/mol. The molecule has 13 nitrogen and oxygen atoms in total. The van der Waals surface area contributed by atoms with Gasteiger partial charge in [0.2, 0.25) is 0 Å². The van der Waals surface area contributed by atoms with Crippen molar-refractivity contribution < 1.29 is 24.3 Å². The van der Waals surface area contributed by atoms with E-state index in [2.05, 4.69) is 25.5 Å². The number of carboxylic acid groups (broad SMARTS) is 1. The third-order valence-corrected chi connectivity index (χ3v) is 7.91. The summed E-state index contributed by atoms with van der Waals surface area (Å²) < 4.78 is 1.89. The highest BCUT2D eigenvalue weighted by Crippen LogP contribution is 2.41. The van der Waals surface area contributed by atoms with Crippen molar-refractivity contribution >= 4 is 57.5 Å². The summed E-state index contributed by atoms with van der Waals surface area (Å²) in [6.45, 7) is 1.96. The fraction of sp³-hybridized carbons (Fsp3) is 0.400. The lowest BCUT2D eigenvalue weighted by molar-refractivity contribution is -0.150. The van der Waals surface area contributed by atoms with Gasteiger partial charge in [0.1, 0.15) is 35.7 Å². The number of nitrogens with two attached hydrogens (primary N) is 1. The molecule has 1 saturated heterocycles. The number of aliphatic carboxylic acids is 1. The third-order valence-electron chi connectivity index (χ3n) is 5.90. The Balaban J connectivity index is 1.34. The van der Waals surface area contributed by atoms with Crippen molar-refractivity contribution in [2.24, 2.45) is 5.16 Å². The molecule has 184 valence electrons. The first-order valence-corrected chi connectivity index (χ1v) is 12.6. The van der Waals surface area contributed by atoms with Crippen LogP contribution in [0.15, 0.2) is 34.1 Å². The molecule has 2 aromatic rings. The second-order valence-corrected chi connectivity index (χ2v) is 9.99. The average Bonchev–Trinajstić information content (AvgIpc) is 3.49. The van der Waals surface area contributed by atoms with E-state index in [9.17, 15) is 19.5 Å². The van der Waals surface area contributed by atoms with Crippen LogP contribution in [0.5, 0.6) is 0 Å². The van der Waals surface area contributed by atoms with Crippen LogP contribution in [0.2, 0.25) is 0 Å². The normalized spacial score (nSPS) is 21.9. The number of nitrogens with zero attached hydrogens (tertiary/aromatic N) is 6. The topological polar surface area (TPSA) is 168 Å². The van der Waals surface area contributed by atoms with Gasteiger partial charge in [0, 0.05) is 36.8 Å². The molecule has 15 heteroatoms. The van der Waals surface area contributed by atoms with Crippen LogP contribution in [0, 0.1) is 0 Å². The highest BCUT2D eigenvalue weighted by atomic mass is 32.2. The lowest BCUT2D eigenvalue weighted by atomic mass is 10.0. The minimum Gasteiger partial charge on any atom is -0.477 e. The number of rotatable bonds is 7. The summed E-state index contributed by atoms with van der Waals surface area (Å²) in [5, 5.41) is 21.9. The van der Waals surface area contributed by atoms with Crippen molar-refractivity contribution in [2.45, 2.75) is 24.4 Å². The smallest absolute Gasteiger partial charge is 0.352 e. The number of carbonyl (C=O) groups excluding carboxylic acids is 2. The standard InChI is InChI=1S/C20H22N8O5S2/c1-33-25-13(11-9-35-20(21)23-11)16(29)24-14-17(30)28-15(19(31)32)10(8-34-18(14)28)7-26-5-2-6-27-12(26)3-4-22-27/h3-4,9,14,18H,2,5-8H2,1H3,(H2,21,23)(H,24,29)(H,31,32)/t14-,18+/m1/s1. The van der Waals surface area contributed by atoms with Crippen LogP contribution in [-0.2, 0) is 25.8 Å². The van der Waals surface area contributed by atoms with E-state index in [1.165, 1.54) is 23.8 Å². The molecule has 2 aromatic heterocycles. The Morgan fingerprint density at radius 3 is 2.94 bits per heavy atom. The molecule has 0 aliphatic carbocycles. The van der Waals surface area contributed by atoms with Crippen molar-refractivity contribution in [3.05, 3.63) is 34.6 Å². The molecule has 4 N–H and O–H groups in total. The number of amides is 2. The van der Waals surface area contributed by atoms with Crippen LogP contribution >= 0.6 is 23.1 Å². The fourth-order valence-corrected chi connectivity index (χ4v) is 6.27. The minimum absolute atomic E-state index is 0.0288. The number of oxime groups is 1. The Kier molecular flexibility index (Phi) is 6.10. The highest BCUT2D eigenvalue weighted by molar-refractivity contribution is 8.00. The molecule has 5 heterocycles. The molecule has 0 spiro atoms. The van der Waals surface area contributed by atoms with Gasteiger partial charge in [-0.2, -0.15) is 5.10 Å². The van der Waals surface area contributed by atoms with Crippen LogP contribution in [0.3, 0.4) is 0 Å². The van der Waals surface area contributed by atoms with Gasteiger partial charge >= 0.3 is 5.97 Å². The van der Waals surface area contributed by atoms with Crippen molar-refractivity contribution in [3.8, 4) is 0 Å². The second-order valence-electron chi connectivity index (χ2n) is 8.00. The van der Waals surface area contributed by atoms with Crippen LogP contribution in [0.4, 0.5) is 10.9 Å². The van der Waals surface area contributed by atoms with E-state index >= 15 is 0 Å². The van der Waals surface area contributed by atoms with Gasteiger partial charge in [0.05, 0.1) is 6.20 Å². The number of anilines is 2. The lowest BCUT2D eigenvalue weighted by Gasteiger charge is -2.49. The van der Waals surface area contributed by atoms with Crippen LogP contribution in [0.1, 0.15) is 12.1 Å². The number of carboxylic acids is 1. The summed E-state index contributed by atoms with van der Waals surface area (Å²) in [6.07, 6.45) is 2.62. The maximum atomic E-state index is 13.0. The first kappa shape index (κ1) is 23.2. The Morgan fingerprint density at radius 1 is 1.40 bits per heavy atom. The van der Waals surface area contributed by atoms with E-state index < -0.39 is 29.2 Å². The van der Waals surface area contributed by atoms with Gasteiger partial charge in [0.15, 0.2) is 10.8 Å². The molecule has 0 saturated carbocycles. The molecular weight excluding hydrogens is 496 g/mol. The van der Waals surface area contributed by atoms with Gasteiger partial charge in [-0.3, -0.25) is 14.5 Å². The number of aromatic nitrogens is 3. The first-order chi connectivity index (χ1) is 16.9. The number of fused-ring (bicyclic) bond motifs is 2. The summed E-state index contributed by atoms with van der Waals surface area (Å²) in [7, 11) is 1.29.